The average molecular weight is 350 g/mol. The summed E-state index contributed by atoms with van der Waals surface area (Å²) in [6.07, 6.45) is 3.16. The molecule has 0 fully saturated rings. The van der Waals surface area contributed by atoms with Crippen molar-refractivity contribution < 1.29 is 4.39 Å². The fourth-order valence-electron chi connectivity index (χ4n) is 2.36. The number of para-hydroxylation sites is 2. The summed E-state index contributed by atoms with van der Waals surface area (Å²) in [4.78, 5) is 8.80. The lowest BCUT2D eigenvalue weighted by atomic mass is 10.2. The molecule has 122 valence electrons. The van der Waals surface area contributed by atoms with Gasteiger partial charge in [0.1, 0.15) is 11.5 Å². The standard InChI is InChI=1S/C17H11FN6S/c18-12-5-3-4-11(8-12)16-22-23-17(25)24(16)20-10-13-9-19-14-6-1-2-7-15(14)21-13/h1-10H,(H,23,25)/b20-10-. The molecule has 0 amide bonds. The van der Waals surface area contributed by atoms with E-state index in [0.717, 1.165) is 11.0 Å². The Morgan fingerprint density at radius 3 is 2.80 bits per heavy atom. The molecule has 2 aromatic heterocycles. The number of halogens is 1. The normalized spacial score (nSPS) is 11.4. The van der Waals surface area contributed by atoms with Gasteiger partial charge in [-0.05, 0) is 36.5 Å². The van der Waals surface area contributed by atoms with E-state index in [-0.39, 0.29) is 5.82 Å². The first-order valence-corrected chi connectivity index (χ1v) is 7.81. The summed E-state index contributed by atoms with van der Waals surface area (Å²) in [5.74, 6) is 0.0526. The van der Waals surface area contributed by atoms with Crippen LogP contribution in [0.5, 0.6) is 0 Å². The Kier molecular flexibility index (Phi) is 3.87. The lowest BCUT2D eigenvalue weighted by Crippen LogP contribution is -1.97. The van der Waals surface area contributed by atoms with Crippen molar-refractivity contribution >= 4 is 29.5 Å². The van der Waals surface area contributed by atoms with Gasteiger partial charge in [0.2, 0.25) is 4.77 Å². The molecule has 1 N–H and O–H groups in total. The second-order valence-electron chi connectivity index (χ2n) is 5.20. The van der Waals surface area contributed by atoms with Crippen LogP contribution in [0, 0.1) is 10.6 Å². The van der Waals surface area contributed by atoms with E-state index >= 15 is 0 Å². The smallest absolute Gasteiger partial charge is 0.216 e. The van der Waals surface area contributed by atoms with E-state index in [9.17, 15) is 4.39 Å². The Morgan fingerprint density at radius 1 is 1.12 bits per heavy atom. The van der Waals surface area contributed by atoms with Crippen LogP contribution >= 0.6 is 12.2 Å². The van der Waals surface area contributed by atoms with Gasteiger partial charge in [0.05, 0.1) is 23.4 Å². The molecule has 0 radical (unpaired) electrons. The largest absolute Gasteiger partial charge is 0.252 e. The molecule has 4 rings (SSSR count). The number of aromatic amines is 1. The molecule has 2 aromatic carbocycles. The van der Waals surface area contributed by atoms with Crippen molar-refractivity contribution in [3.05, 3.63) is 71.0 Å². The maximum atomic E-state index is 13.5. The molecule has 0 unspecified atom stereocenters. The van der Waals surface area contributed by atoms with Crippen LogP contribution in [0.15, 0.2) is 59.8 Å². The second kappa shape index (κ2) is 6.33. The van der Waals surface area contributed by atoms with Gasteiger partial charge in [0, 0.05) is 5.56 Å². The molecule has 0 atom stereocenters. The molecule has 8 heteroatoms. The average Bonchev–Trinajstić information content (AvgIpc) is 3.00. The van der Waals surface area contributed by atoms with Crippen LogP contribution in [0.2, 0.25) is 0 Å². The van der Waals surface area contributed by atoms with Crippen LogP contribution in [0.3, 0.4) is 0 Å². The molecular formula is C17H11FN6S. The van der Waals surface area contributed by atoms with Crippen LogP contribution in [0.25, 0.3) is 22.4 Å². The van der Waals surface area contributed by atoms with E-state index < -0.39 is 0 Å². The first-order valence-electron chi connectivity index (χ1n) is 7.40. The Balaban J connectivity index is 1.74. The van der Waals surface area contributed by atoms with Crippen molar-refractivity contribution in [2.75, 3.05) is 0 Å². The van der Waals surface area contributed by atoms with Crippen molar-refractivity contribution in [1.29, 1.82) is 0 Å². The molecule has 0 aliphatic heterocycles. The van der Waals surface area contributed by atoms with Crippen LogP contribution in [0.1, 0.15) is 5.69 Å². The zero-order valence-electron chi connectivity index (χ0n) is 12.8. The second-order valence-corrected chi connectivity index (χ2v) is 5.59. The molecule has 25 heavy (non-hydrogen) atoms. The van der Waals surface area contributed by atoms with E-state index in [4.69, 9.17) is 12.2 Å². The van der Waals surface area contributed by atoms with E-state index in [1.807, 2.05) is 24.3 Å². The minimum Gasteiger partial charge on any atom is -0.252 e. The maximum absolute atomic E-state index is 13.5. The Hall–Kier alpha value is -3.26. The van der Waals surface area contributed by atoms with Crippen LogP contribution in [-0.4, -0.2) is 31.1 Å². The first kappa shape index (κ1) is 15.3. The Morgan fingerprint density at radius 2 is 1.96 bits per heavy atom. The van der Waals surface area contributed by atoms with Gasteiger partial charge in [-0.15, -0.1) is 0 Å². The van der Waals surface area contributed by atoms with Crippen molar-refractivity contribution in [1.82, 2.24) is 24.8 Å². The SMILES string of the molecule is Fc1cccc(-c2n[nH]c(=S)n2/N=C\c2cnc3ccccc3n2)c1. The topological polar surface area (TPSA) is 71.8 Å². The fraction of sp³-hybridized carbons (Fsp3) is 0. The third-order valence-electron chi connectivity index (χ3n) is 3.51. The van der Waals surface area contributed by atoms with Gasteiger partial charge in [0.15, 0.2) is 5.82 Å². The minimum absolute atomic E-state index is 0.296. The molecule has 2 heterocycles. The molecule has 6 nitrogen and oxygen atoms in total. The van der Waals surface area contributed by atoms with Crippen LogP contribution in [0.4, 0.5) is 4.39 Å². The summed E-state index contributed by atoms with van der Waals surface area (Å²) in [6, 6.07) is 13.6. The zero-order chi connectivity index (χ0) is 17.2. The van der Waals surface area contributed by atoms with Gasteiger partial charge >= 0.3 is 0 Å². The number of hydrogen-bond acceptors (Lipinski definition) is 5. The predicted molar refractivity (Wildman–Crippen MR) is 95.3 cm³/mol. The number of aromatic nitrogens is 5. The van der Waals surface area contributed by atoms with Crippen molar-refractivity contribution in [3.63, 3.8) is 0 Å². The zero-order valence-corrected chi connectivity index (χ0v) is 13.6. The third kappa shape index (κ3) is 3.07. The number of fused-ring (bicyclic) bond motifs is 1. The molecule has 0 aliphatic rings. The lowest BCUT2D eigenvalue weighted by Gasteiger charge is -2.01. The summed E-state index contributed by atoms with van der Waals surface area (Å²) in [5.41, 5.74) is 2.72. The quantitative estimate of drug-likeness (QED) is 0.453. The summed E-state index contributed by atoms with van der Waals surface area (Å²) >= 11 is 5.20. The monoisotopic (exact) mass is 350 g/mol. The summed E-state index contributed by atoms with van der Waals surface area (Å²) in [5, 5.41) is 11.1. The minimum atomic E-state index is -0.359. The van der Waals surface area contributed by atoms with Crippen LogP contribution in [-0.2, 0) is 0 Å². The maximum Gasteiger partial charge on any atom is 0.216 e. The highest BCUT2D eigenvalue weighted by Crippen LogP contribution is 2.18. The van der Waals surface area contributed by atoms with Gasteiger partial charge in [0.25, 0.3) is 0 Å². The van der Waals surface area contributed by atoms with Crippen molar-refractivity contribution in [2.45, 2.75) is 0 Å². The molecule has 0 spiro atoms. The van der Waals surface area contributed by atoms with Crippen molar-refractivity contribution in [2.24, 2.45) is 5.10 Å². The third-order valence-corrected chi connectivity index (χ3v) is 3.77. The number of nitrogens with one attached hydrogen (secondary N) is 1. The summed E-state index contributed by atoms with van der Waals surface area (Å²) < 4.78 is 15.2. The van der Waals surface area contributed by atoms with Gasteiger partial charge in [-0.25, -0.2) is 14.5 Å². The Bertz CT molecular complexity index is 1150. The summed E-state index contributed by atoms with van der Waals surface area (Å²) in [7, 11) is 0. The number of nitrogens with zero attached hydrogens (tertiary/aromatic N) is 5. The van der Waals surface area contributed by atoms with Gasteiger partial charge in [-0.1, -0.05) is 24.3 Å². The van der Waals surface area contributed by atoms with E-state index in [1.165, 1.54) is 23.0 Å². The van der Waals surface area contributed by atoms with Crippen molar-refractivity contribution in [3.8, 4) is 11.4 Å². The highest BCUT2D eigenvalue weighted by atomic mass is 32.1. The summed E-state index contributed by atoms with van der Waals surface area (Å²) in [6.45, 7) is 0. The number of hydrogen-bond donors (Lipinski definition) is 1. The first-order chi connectivity index (χ1) is 12.2. The fourth-order valence-corrected chi connectivity index (χ4v) is 2.54. The Labute approximate surface area is 146 Å². The molecule has 0 aliphatic carbocycles. The molecule has 0 bridgehead atoms. The molecule has 4 aromatic rings. The van der Waals surface area contributed by atoms with E-state index in [2.05, 4.69) is 25.3 Å². The molecule has 0 saturated heterocycles. The van der Waals surface area contributed by atoms with Crippen LogP contribution < -0.4 is 0 Å². The highest BCUT2D eigenvalue weighted by Gasteiger charge is 2.09. The predicted octanol–water partition coefficient (Wildman–Crippen LogP) is 3.57. The number of rotatable bonds is 3. The van der Waals surface area contributed by atoms with Gasteiger partial charge < -0.3 is 0 Å². The lowest BCUT2D eigenvalue weighted by molar-refractivity contribution is 0.628. The van der Waals surface area contributed by atoms with Gasteiger partial charge in [-0.3, -0.25) is 4.98 Å². The van der Waals surface area contributed by atoms with Gasteiger partial charge in [-0.2, -0.15) is 14.9 Å². The number of H-pyrrole nitrogens is 1. The molecular weight excluding hydrogens is 339 g/mol. The molecule has 0 saturated carbocycles. The van der Waals surface area contributed by atoms with E-state index in [1.54, 1.807) is 18.3 Å². The van der Waals surface area contributed by atoms with E-state index in [0.29, 0.717) is 21.9 Å². The number of benzene rings is 2. The highest BCUT2D eigenvalue weighted by molar-refractivity contribution is 7.71.